The molecular weight excluding hydrogens is 388 g/mol. The highest BCUT2D eigenvalue weighted by Crippen LogP contribution is 2.29. The summed E-state index contributed by atoms with van der Waals surface area (Å²) in [6, 6.07) is 10.7. The van der Waals surface area contributed by atoms with Crippen molar-refractivity contribution in [3.63, 3.8) is 0 Å². The SMILES string of the molecule is Cc1noc(C2CCN(C(=O)c3sccc3C)CCN2C(=O)c2ccccc2)n1. The standard InChI is InChI=1S/C21H22N4O3S/c1-14-9-13-29-18(14)21(27)24-10-8-17(19-22-15(2)23-28-19)25(12-11-24)20(26)16-6-4-3-5-7-16/h3-7,9,13,17H,8,10-12H2,1-2H3. The maximum atomic E-state index is 13.2. The van der Waals surface area contributed by atoms with E-state index in [9.17, 15) is 9.59 Å². The van der Waals surface area contributed by atoms with Gasteiger partial charge in [0.15, 0.2) is 5.82 Å². The quantitative estimate of drug-likeness (QED) is 0.660. The Morgan fingerprint density at radius 1 is 1.07 bits per heavy atom. The van der Waals surface area contributed by atoms with Crippen LogP contribution in [0.4, 0.5) is 0 Å². The number of amides is 2. The Labute approximate surface area is 172 Å². The Balaban J connectivity index is 1.62. The van der Waals surface area contributed by atoms with Crippen LogP contribution in [0.1, 0.15) is 49.8 Å². The average Bonchev–Trinajstić information content (AvgIpc) is 3.29. The zero-order valence-electron chi connectivity index (χ0n) is 16.4. The Morgan fingerprint density at radius 3 is 2.52 bits per heavy atom. The molecule has 1 fully saturated rings. The third kappa shape index (κ3) is 3.93. The van der Waals surface area contributed by atoms with Crippen LogP contribution in [0.2, 0.25) is 0 Å². The van der Waals surface area contributed by atoms with Crippen LogP contribution in [0.3, 0.4) is 0 Å². The third-order valence-corrected chi connectivity index (χ3v) is 6.12. The molecule has 1 aliphatic heterocycles. The third-order valence-electron chi connectivity index (χ3n) is 5.11. The predicted molar refractivity (Wildman–Crippen MR) is 109 cm³/mol. The molecule has 8 heteroatoms. The summed E-state index contributed by atoms with van der Waals surface area (Å²) in [5.74, 6) is 0.840. The average molecular weight is 410 g/mol. The summed E-state index contributed by atoms with van der Waals surface area (Å²) in [5.41, 5.74) is 1.58. The van der Waals surface area contributed by atoms with E-state index in [0.29, 0.717) is 43.3 Å². The summed E-state index contributed by atoms with van der Waals surface area (Å²) in [5, 5.41) is 5.82. The first-order valence-corrected chi connectivity index (χ1v) is 10.4. The van der Waals surface area contributed by atoms with E-state index >= 15 is 0 Å². The predicted octanol–water partition coefficient (Wildman–Crippen LogP) is 3.48. The summed E-state index contributed by atoms with van der Waals surface area (Å²) in [6.07, 6.45) is 0.538. The molecule has 29 heavy (non-hydrogen) atoms. The van der Waals surface area contributed by atoms with Crippen LogP contribution in [0.25, 0.3) is 0 Å². The second-order valence-corrected chi connectivity index (χ2v) is 7.99. The van der Waals surface area contributed by atoms with E-state index in [2.05, 4.69) is 10.1 Å². The lowest BCUT2D eigenvalue weighted by Crippen LogP contribution is -2.38. The minimum absolute atomic E-state index is 0.00645. The van der Waals surface area contributed by atoms with Crippen LogP contribution in [0.5, 0.6) is 0 Å². The first-order valence-electron chi connectivity index (χ1n) is 9.54. The summed E-state index contributed by atoms with van der Waals surface area (Å²) < 4.78 is 5.41. The highest BCUT2D eigenvalue weighted by molar-refractivity contribution is 7.12. The van der Waals surface area contributed by atoms with Crippen molar-refractivity contribution in [3.8, 4) is 0 Å². The van der Waals surface area contributed by atoms with Crippen molar-refractivity contribution in [1.82, 2.24) is 19.9 Å². The van der Waals surface area contributed by atoms with E-state index in [1.807, 2.05) is 41.5 Å². The van der Waals surface area contributed by atoms with Crippen LogP contribution < -0.4 is 0 Å². The maximum Gasteiger partial charge on any atom is 0.264 e. The Kier molecular flexibility index (Phi) is 5.44. The minimum atomic E-state index is -0.369. The van der Waals surface area contributed by atoms with E-state index < -0.39 is 0 Å². The van der Waals surface area contributed by atoms with Gasteiger partial charge in [-0.05, 0) is 49.4 Å². The van der Waals surface area contributed by atoms with Gasteiger partial charge in [0.1, 0.15) is 6.04 Å². The summed E-state index contributed by atoms with van der Waals surface area (Å²) in [6.45, 7) is 5.06. The van der Waals surface area contributed by atoms with E-state index in [1.54, 1.807) is 24.0 Å². The van der Waals surface area contributed by atoms with E-state index in [-0.39, 0.29) is 17.9 Å². The van der Waals surface area contributed by atoms with Gasteiger partial charge in [-0.3, -0.25) is 9.59 Å². The number of benzene rings is 1. The lowest BCUT2D eigenvalue weighted by Gasteiger charge is -2.27. The van der Waals surface area contributed by atoms with Crippen LogP contribution in [-0.4, -0.2) is 51.4 Å². The molecular formula is C21H22N4O3S. The fraction of sp³-hybridized carbons (Fsp3) is 0.333. The van der Waals surface area contributed by atoms with E-state index in [0.717, 1.165) is 10.4 Å². The fourth-order valence-corrected chi connectivity index (χ4v) is 4.46. The molecule has 4 rings (SSSR count). The molecule has 1 aliphatic rings. The molecule has 150 valence electrons. The van der Waals surface area contributed by atoms with Gasteiger partial charge in [0, 0.05) is 25.2 Å². The van der Waals surface area contributed by atoms with Gasteiger partial charge >= 0.3 is 0 Å². The highest BCUT2D eigenvalue weighted by atomic mass is 32.1. The minimum Gasteiger partial charge on any atom is -0.337 e. The molecule has 1 saturated heterocycles. The lowest BCUT2D eigenvalue weighted by molar-refractivity contribution is 0.0642. The Morgan fingerprint density at radius 2 is 1.86 bits per heavy atom. The molecule has 0 spiro atoms. The first kappa shape index (κ1) is 19.3. The number of nitrogens with zero attached hydrogens (tertiary/aromatic N) is 4. The van der Waals surface area contributed by atoms with Gasteiger partial charge < -0.3 is 14.3 Å². The van der Waals surface area contributed by atoms with Crippen molar-refractivity contribution >= 4 is 23.2 Å². The Bertz CT molecular complexity index is 1010. The van der Waals surface area contributed by atoms with Crippen molar-refractivity contribution in [2.75, 3.05) is 19.6 Å². The monoisotopic (exact) mass is 410 g/mol. The molecule has 0 bridgehead atoms. The number of carbonyl (C=O) groups is 2. The summed E-state index contributed by atoms with van der Waals surface area (Å²) in [4.78, 5) is 34.9. The Hall–Kier alpha value is -3.00. The van der Waals surface area contributed by atoms with Gasteiger partial charge in [-0.25, -0.2) is 0 Å². The molecule has 0 radical (unpaired) electrons. The van der Waals surface area contributed by atoms with Crippen LogP contribution >= 0.6 is 11.3 Å². The molecule has 2 aromatic heterocycles. The molecule has 1 atom stereocenters. The number of hydrogen-bond donors (Lipinski definition) is 0. The number of carbonyl (C=O) groups excluding carboxylic acids is 2. The number of rotatable bonds is 3. The zero-order valence-corrected chi connectivity index (χ0v) is 17.2. The topological polar surface area (TPSA) is 79.5 Å². The number of aryl methyl sites for hydroxylation is 2. The van der Waals surface area contributed by atoms with Crippen LogP contribution in [0, 0.1) is 13.8 Å². The molecule has 3 heterocycles. The smallest absolute Gasteiger partial charge is 0.264 e. The molecule has 1 aromatic carbocycles. The van der Waals surface area contributed by atoms with Gasteiger partial charge in [-0.15, -0.1) is 11.3 Å². The summed E-state index contributed by atoms with van der Waals surface area (Å²) in [7, 11) is 0. The van der Waals surface area contributed by atoms with E-state index in [4.69, 9.17) is 4.52 Å². The molecule has 0 N–H and O–H groups in total. The van der Waals surface area contributed by atoms with Gasteiger partial charge in [-0.2, -0.15) is 4.98 Å². The van der Waals surface area contributed by atoms with Gasteiger partial charge in [0.25, 0.3) is 11.8 Å². The van der Waals surface area contributed by atoms with Gasteiger partial charge in [0.2, 0.25) is 5.89 Å². The molecule has 1 unspecified atom stereocenters. The van der Waals surface area contributed by atoms with E-state index in [1.165, 1.54) is 11.3 Å². The van der Waals surface area contributed by atoms with Gasteiger partial charge in [-0.1, -0.05) is 23.4 Å². The van der Waals surface area contributed by atoms with Crippen LogP contribution in [-0.2, 0) is 0 Å². The molecule has 0 aliphatic carbocycles. The highest BCUT2D eigenvalue weighted by Gasteiger charge is 2.34. The maximum absolute atomic E-state index is 13.2. The first-order chi connectivity index (χ1) is 14.0. The second-order valence-electron chi connectivity index (χ2n) is 7.07. The largest absolute Gasteiger partial charge is 0.337 e. The van der Waals surface area contributed by atoms with Crippen molar-refractivity contribution < 1.29 is 14.1 Å². The van der Waals surface area contributed by atoms with Crippen molar-refractivity contribution in [1.29, 1.82) is 0 Å². The number of aromatic nitrogens is 2. The second kappa shape index (κ2) is 8.16. The zero-order chi connectivity index (χ0) is 20.4. The molecule has 3 aromatic rings. The van der Waals surface area contributed by atoms with Crippen molar-refractivity contribution in [2.45, 2.75) is 26.3 Å². The van der Waals surface area contributed by atoms with Crippen molar-refractivity contribution in [3.05, 3.63) is 69.5 Å². The fourth-order valence-electron chi connectivity index (χ4n) is 3.56. The lowest BCUT2D eigenvalue weighted by atomic mass is 10.1. The van der Waals surface area contributed by atoms with Crippen molar-refractivity contribution in [2.24, 2.45) is 0 Å². The normalized spacial score (nSPS) is 17.2. The molecule has 0 saturated carbocycles. The van der Waals surface area contributed by atoms with Crippen LogP contribution in [0.15, 0.2) is 46.3 Å². The molecule has 2 amide bonds. The summed E-state index contributed by atoms with van der Waals surface area (Å²) >= 11 is 1.45. The van der Waals surface area contributed by atoms with Gasteiger partial charge in [0.05, 0.1) is 4.88 Å². The number of hydrogen-bond acceptors (Lipinski definition) is 6. The number of thiophene rings is 1. The molecule has 7 nitrogen and oxygen atoms in total.